The van der Waals surface area contributed by atoms with Crippen LogP contribution in [0.25, 0.3) is 10.8 Å². The second-order valence-corrected chi connectivity index (χ2v) is 6.61. The van der Waals surface area contributed by atoms with Crippen LogP contribution in [0.2, 0.25) is 0 Å². The van der Waals surface area contributed by atoms with E-state index in [0.29, 0.717) is 13.2 Å². The van der Waals surface area contributed by atoms with Gasteiger partial charge in [-0.05, 0) is 36.8 Å². The SMILES string of the molecule is CCOP(=O)(CN(N)c1ccc2ccccc2c1)OCC. The molecule has 0 aliphatic heterocycles. The van der Waals surface area contributed by atoms with Crippen molar-refractivity contribution in [2.24, 2.45) is 5.84 Å². The summed E-state index contributed by atoms with van der Waals surface area (Å²) in [7, 11) is -3.20. The van der Waals surface area contributed by atoms with Crippen molar-refractivity contribution in [2.75, 3.05) is 24.5 Å². The highest BCUT2D eigenvalue weighted by Gasteiger charge is 2.26. The second-order valence-electron chi connectivity index (χ2n) is 4.59. The molecule has 2 aromatic rings. The van der Waals surface area contributed by atoms with Gasteiger partial charge in [0.2, 0.25) is 0 Å². The predicted molar refractivity (Wildman–Crippen MR) is 86.3 cm³/mol. The van der Waals surface area contributed by atoms with Gasteiger partial charge in [0.05, 0.1) is 18.9 Å². The van der Waals surface area contributed by atoms with E-state index < -0.39 is 7.60 Å². The lowest BCUT2D eigenvalue weighted by Gasteiger charge is -2.24. The minimum Gasteiger partial charge on any atom is -0.308 e. The molecule has 0 radical (unpaired) electrons. The van der Waals surface area contributed by atoms with E-state index in [1.807, 2.05) is 42.5 Å². The molecular formula is C15H21N2O3P. The van der Waals surface area contributed by atoms with Gasteiger partial charge in [0.1, 0.15) is 6.29 Å². The average molecular weight is 308 g/mol. The first-order valence-electron chi connectivity index (χ1n) is 6.97. The van der Waals surface area contributed by atoms with Crippen molar-refractivity contribution in [3.8, 4) is 0 Å². The Labute approximate surface area is 125 Å². The fourth-order valence-electron chi connectivity index (χ4n) is 2.14. The number of benzene rings is 2. The lowest BCUT2D eigenvalue weighted by atomic mass is 10.1. The van der Waals surface area contributed by atoms with Crippen LogP contribution in [0.3, 0.4) is 0 Å². The first kappa shape index (κ1) is 16.0. The van der Waals surface area contributed by atoms with Crippen LogP contribution >= 0.6 is 7.60 Å². The summed E-state index contributed by atoms with van der Waals surface area (Å²) in [5.41, 5.74) is 0.772. The Bertz CT molecular complexity index is 638. The van der Waals surface area contributed by atoms with Gasteiger partial charge >= 0.3 is 7.60 Å². The fraction of sp³-hybridized carbons (Fsp3) is 0.333. The molecule has 0 atom stereocenters. The number of anilines is 1. The summed E-state index contributed by atoms with van der Waals surface area (Å²) in [6.45, 7) is 4.21. The van der Waals surface area contributed by atoms with E-state index in [1.165, 1.54) is 5.01 Å². The third-order valence-corrected chi connectivity index (χ3v) is 5.00. The van der Waals surface area contributed by atoms with Crippen LogP contribution in [0, 0.1) is 0 Å². The van der Waals surface area contributed by atoms with Gasteiger partial charge in [-0.15, -0.1) is 0 Å². The molecule has 6 heteroatoms. The lowest BCUT2D eigenvalue weighted by Crippen LogP contribution is -2.32. The Morgan fingerprint density at radius 3 is 2.29 bits per heavy atom. The summed E-state index contributed by atoms with van der Waals surface area (Å²) in [6.07, 6.45) is 0.0209. The Hall–Kier alpha value is -1.39. The van der Waals surface area contributed by atoms with Gasteiger partial charge in [-0.3, -0.25) is 9.57 Å². The summed E-state index contributed by atoms with van der Waals surface area (Å²) in [6, 6.07) is 13.8. The highest BCUT2D eigenvalue weighted by molar-refractivity contribution is 7.53. The number of hydrazine groups is 1. The van der Waals surface area contributed by atoms with Gasteiger partial charge in [-0.1, -0.05) is 30.3 Å². The maximum Gasteiger partial charge on any atom is 0.351 e. The molecule has 2 rings (SSSR count). The summed E-state index contributed by atoms with van der Waals surface area (Å²) in [5, 5.41) is 3.62. The van der Waals surface area contributed by atoms with Gasteiger partial charge in [0.15, 0.2) is 0 Å². The van der Waals surface area contributed by atoms with Crippen LogP contribution in [0.5, 0.6) is 0 Å². The normalized spacial score (nSPS) is 11.8. The molecule has 0 amide bonds. The van der Waals surface area contributed by atoms with E-state index in [4.69, 9.17) is 14.9 Å². The molecule has 2 N–H and O–H groups in total. The highest BCUT2D eigenvalue weighted by atomic mass is 31.2. The van der Waals surface area contributed by atoms with E-state index >= 15 is 0 Å². The van der Waals surface area contributed by atoms with E-state index in [1.54, 1.807) is 13.8 Å². The van der Waals surface area contributed by atoms with E-state index in [-0.39, 0.29) is 6.29 Å². The Morgan fingerprint density at radius 1 is 1.05 bits per heavy atom. The number of nitrogens with zero attached hydrogens (tertiary/aromatic N) is 1. The Balaban J connectivity index is 2.20. The van der Waals surface area contributed by atoms with Gasteiger partial charge in [-0.2, -0.15) is 0 Å². The first-order valence-corrected chi connectivity index (χ1v) is 8.70. The number of rotatable bonds is 7. The number of hydrogen-bond acceptors (Lipinski definition) is 5. The van der Waals surface area contributed by atoms with Crippen molar-refractivity contribution in [1.82, 2.24) is 0 Å². The topological polar surface area (TPSA) is 64.8 Å². The lowest BCUT2D eigenvalue weighted by molar-refractivity contribution is 0.220. The molecule has 0 saturated heterocycles. The molecule has 0 saturated carbocycles. The smallest absolute Gasteiger partial charge is 0.308 e. The van der Waals surface area contributed by atoms with E-state index in [0.717, 1.165) is 16.5 Å². The molecule has 0 aromatic heterocycles. The maximum atomic E-state index is 12.5. The molecule has 0 bridgehead atoms. The van der Waals surface area contributed by atoms with Gasteiger partial charge in [-0.25, -0.2) is 5.84 Å². The standard InChI is InChI=1S/C15H21N2O3P/c1-3-19-21(18,20-4-2)12-17(16)15-10-9-13-7-5-6-8-14(13)11-15/h5-11H,3-4,12,16H2,1-2H3. The molecule has 114 valence electrons. The van der Waals surface area contributed by atoms with Crippen molar-refractivity contribution >= 4 is 24.1 Å². The molecule has 5 nitrogen and oxygen atoms in total. The highest BCUT2D eigenvalue weighted by Crippen LogP contribution is 2.48. The minimum atomic E-state index is -3.20. The third-order valence-electron chi connectivity index (χ3n) is 3.04. The molecule has 0 aliphatic rings. The number of nitrogens with two attached hydrogens (primary N) is 1. The van der Waals surface area contributed by atoms with Crippen molar-refractivity contribution in [3.05, 3.63) is 42.5 Å². The fourth-order valence-corrected chi connectivity index (χ4v) is 3.70. The summed E-state index contributed by atoms with van der Waals surface area (Å²) in [5.74, 6) is 6.03. The van der Waals surface area contributed by atoms with Crippen LogP contribution < -0.4 is 10.9 Å². The van der Waals surface area contributed by atoms with E-state index in [2.05, 4.69) is 0 Å². The zero-order chi connectivity index (χ0) is 15.3. The van der Waals surface area contributed by atoms with Crippen LogP contribution in [0.4, 0.5) is 5.69 Å². The Morgan fingerprint density at radius 2 is 1.67 bits per heavy atom. The van der Waals surface area contributed by atoms with Crippen molar-refractivity contribution in [1.29, 1.82) is 0 Å². The van der Waals surface area contributed by atoms with Crippen LogP contribution in [0.1, 0.15) is 13.8 Å². The van der Waals surface area contributed by atoms with Gasteiger partial charge in [0.25, 0.3) is 0 Å². The number of hydrogen-bond donors (Lipinski definition) is 1. The van der Waals surface area contributed by atoms with Crippen LogP contribution in [0.15, 0.2) is 42.5 Å². The molecular weight excluding hydrogens is 287 g/mol. The molecule has 21 heavy (non-hydrogen) atoms. The van der Waals surface area contributed by atoms with Gasteiger partial charge in [0, 0.05) is 0 Å². The maximum absolute atomic E-state index is 12.5. The van der Waals surface area contributed by atoms with Gasteiger partial charge < -0.3 is 9.05 Å². The first-order chi connectivity index (χ1) is 10.1. The van der Waals surface area contributed by atoms with Crippen molar-refractivity contribution < 1.29 is 13.6 Å². The monoisotopic (exact) mass is 308 g/mol. The molecule has 0 unspecified atom stereocenters. The summed E-state index contributed by atoms with van der Waals surface area (Å²) < 4.78 is 23.0. The summed E-state index contributed by atoms with van der Waals surface area (Å²) in [4.78, 5) is 0. The Kier molecular flexibility index (Phi) is 5.37. The van der Waals surface area contributed by atoms with Crippen molar-refractivity contribution in [2.45, 2.75) is 13.8 Å². The zero-order valence-electron chi connectivity index (χ0n) is 12.4. The van der Waals surface area contributed by atoms with Crippen molar-refractivity contribution in [3.63, 3.8) is 0 Å². The van der Waals surface area contributed by atoms with E-state index in [9.17, 15) is 4.57 Å². The van der Waals surface area contributed by atoms with Crippen LogP contribution in [-0.4, -0.2) is 19.5 Å². The molecule has 0 fully saturated rings. The average Bonchev–Trinajstić information content (AvgIpc) is 2.47. The molecule has 0 spiro atoms. The summed E-state index contributed by atoms with van der Waals surface area (Å²) >= 11 is 0. The molecule has 2 aromatic carbocycles. The predicted octanol–water partition coefficient (Wildman–Crippen LogP) is 3.74. The largest absolute Gasteiger partial charge is 0.351 e. The van der Waals surface area contributed by atoms with Crippen LogP contribution in [-0.2, 0) is 13.6 Å². The quantitative estimate of drug-likeness (QED) is 0.479. The second kappa shape index (κ2) is 7.05. The molecule has 0 aliphatic carbocycles. The molecule has 0 heterocycles. The number of fused-ring (bicyclic) bond motifs is 1. The minimum absolute atomic E-state index is 0.0209. The third kappa shape index (κ3) is 4.05. The zero-order valence-corrected chi connectivity index (χ0v) is 13.3.